The minimum atomic E-state index is -0.326. The summed E-state index contributed by atoms with van der Waals surface area (Å²) in [5.41, 5.74) is 7.76. The molecule has 0 amide bonds. The normalized spacial score (nSPS) is 12.1. The molecule has 0 fully saturated rings. The van der Waals surface area contributed by atoms with E-state index < -0.39 is 0 Å². The smallest absolute Gasteiger partial charge is 0.119 e. The molecule has 0 heterocycles. The minimum Gasteiger partial charge on any atom is -0.489 e. The van der Waals surface area contributed by atoms with Gasteiger partial charge < -0.3 is 15.6 Å². The second-order valence-electron chi connectivity index (χ2n) is 4.13. The first kappa shape index (κ1) is 12.6. The van der Waals surface area contributed by atoms with Crippen LogP contribution in [0.5, 0.6) is 5.75 Å². The van der Waals surface area contributed by atoms with Gasteiger partial charge in [-0.3, -0.25) is 0 Å². The van der Waals surface area contributed by atoms with Crippen molar-refractivity contribution in [1.82, 2.24) is 0 Å². The van der Waals surface area contributed by atoms with Crippen molar-refractivity contribution in [2.24, 2.45) is 5.73 Å². The fourth-order valence-electron chi connectivity index (χ4n) is 1.66. The van der Waals surface area contributed by atoms with E-state index in [0.29, 0.717) is 6.61 Å². The number of hydrogen-bond acceptors (Lipinski definition) is 3. The van der Waals surface area contributed by atoms with Crippen LogP contribution in [0, 0.1) is 0 Å². The summed E-state index contributed by atoms with van der Waals surface area (Å²) in [6.45, 7) is 0.496. The number of hydrogen-bond donors (Lipinski definition) is 2. The Labute approximate surface area is 107 Å². The molecule has 0 aliphatic heterocycles. The average Bonchev–Trinajstić information content (AvgIpc) is 2.46. The van der Waals surface area contributed by atoms with Crippen molar-refractivity contribution in [3.05, 3.63) is 65.7 Å². The highest BCUT2D eigenvalue weighted by Gasteiger charge is 2.03. The van der Waals surface area contributed by atoms with Crippen LogP contribution in [0.2, 0.25) is 0 Å². The first-order valence-electron chi connectivity index (χ1n) is 5.92. The minimum absolute atomic E-state index is 0.0514. The summed E-state index contributed by atoms with van der Waals surface area (Å²) in [7, 11) is 0. The summed E-state index contributed by atoms with van der Waals surface area (Å²) in [5, 5.41) is 8.95. The number of rotatable bonds is 5. The Morgan fingerprint density at radius 3 is 2.28 bits per heavy atom. The van der Waals surface area contributed by atoms with E-state index >= 15 is 0 Å². The van der Waals surface area contributed by atoms with E-state index in [4.69, 9.17) is 15.6 Å². The highest BCUT2D eigenvalue weighted by molar-refractivity contribution is 5.29. The molecule has 0 aliphatic carbocycles. The molecule has 0 radical (unpaired) electrons. The molecular weight excluding hydrogens is 226 g/mol. The lowest BCUT2D eigenvalue weighted by molar-refractivity contribution is 0.267. The molecule has 0 spiro atoms. The van der Waals surface area contributed by atoms with Gasteiger partial charge in [-0.1, -0.05) is 42.5 Å². The van der Waals surface area contributed by atoms with Crippen molar-refractivity contribution in [1.29, 1.82) is 0 Å². The molecule has 1 atom stereocenters. The molecule has 0 aromatic heterocycles. The molecule has 0 aliphatic rings. The quantitative estimate of drug-likeness (QED) is 0.847. The van der Waals surface area contributed by atoms with E-state index in [0.717, 1.165) is 16.9 Å². The molecule has 94 valence electrons. The van der Waals surface area contributed by atoms with Crippen molar-refractivity contribution >= 4 is 0 Å². The van der Waals surface area contributed by atoms with E-state index in [2.05, 4.69) is 0 Å². The lowest BCUT2D eigenvalue weighted by atomic mass is 10.1. The van der Waals surface area contributed by atoms with E-state index in [1.807, 2.05) is 54.6 Å². The summed E-state index contributed by atoms with van der Waals surface area (Å²) >= 11 is 0. The molecule has 2 rings (SSSR count). The highest BCUT2D eigenvalue weighted by atomic mass is 16.5. The van der Waals surface area contributed by atoms with Gasteiger partial charge in [0.1, 0.15) is 12.4 Å². The second-order valence-corrected chi connectivity index (χ2v) is 4.13. The SMILES string of the molecule is N[C@@H](CO)c1ccc(OCc2ccccc2)cc1. The van der Waals surface area contributed by atoms with Gasteiger partial charge in [-0.2, -0.15) is 0 Å². The number of benzene rings is 2. The lowest BCUT2D eigenvalue weighted by Crippen LogP contribution is -2.14. The summed E-state index contributed by atoms with van der Waals surface area (Å²) in [6.07, 6.45) is 0. The van der Waals surface area contributed by atoms with Gasteiger partial charge in [0, 0.05) is 0 Å². The maximum atomic E-state index is 8.95. The molecule has 0 bridgehead atoms. The fourth-order valence-corrected chi connectivity index (χ4v) is 1.66. The van der Waals surface area contributed by atoms with Crippen LogP contribution in [0.3, 0.4) is 0 Å². The van der Waals surface area contributed by atoms with Crippen molar-refractivity contribution in [3.63, 3.8) is 0 Å². The van der Waals surface area contributed by atoms with Gasteiger partial charge in [0.05, 0.1) is 12.6 Å². The average molecular weight is 243 g/mol. The Bertz CT molecular complexity index is 468. The van der Waals surface area contributed by atoms with E-state index in [1.165, 1.54) is 0 Å². The van der Waals surface area contributed by atoms with Gasteiger partial charge in [0.25, 0.3) is 0 Å². The summed E-state index contributed by atoms with van der Waals surface area (Å²) in [5.74, 6) is 0.799. The van der Waals surface area contributed by atoms with Crippen molar-refractivity contribution < 1.29 is 9.84 Å². The van der Waals surface area contributed by atoms with Crippen LogP contribution in [0.4, 0.5) is 0 Å². The third-order valence-corrected chi connectivity index (χ3v) is 2.75. The maximum absolute atomic E-state index is 8.95. The van der Waals surface area contributed by atoms with Crippen LogP contribution >= 0.6 is 0 Å². The zero-order valence-corrected chi connectivity index (χ0v) is 10.1. The van der Waals surface area contributed by atoms with Crippen LogP contribution in [0.25, 0.3) is 0 Å². The molecule has 0 saturated heterocycles. The summed E-state index contributed by atoms with van der Waals surface area (Å²) in [4.78, 5) is 0. The fraction of sp³-hybridized carbons (Fsp3) is 0.200. The Morgan fingerprint density at radius 2 is 1.67 bits per heavy atom. The van der Waals surface area contributed by atoms with Crippen LogP contribution in [0.15, 0.2) is 54.6 Å². The number of aliphatic hydroxyl groups is 1. The predicted octanol–water partition coefficient (Wildman–Crippen LogP) is 2.26. The molecule has 0 saturated carbocycles. The lowest BCUT2D eigenvalue weighted by Gasteiger charge is -2.10. The predicted molar refractivity (Wildman–Crippen MR) is 71.2 cm³/mol. The van der Waals surface area contributed by atoms with Gasteiger partial charge in [-0.05, 0) is 23.3 Å². The maximum Gasteiger partial charge on any atom is 0.119 e. The number of ether oxygens (including phenoxy) is 1. The molecule has 2 aromatic carbocycles. The molecule has 3 heteroatoms. The molecule has 3 N–H and O–H groups in total. The number of nitrogens with two attached hydrogens (primary N) is 1. The first-order chi connectivity index (χ1) is 8.79. The molecule has 2 aromatic rings. The zero-order valence-electron chi connectivity index (χ0n) is 10.1. The van der Waals surface area contributed by atoms with Crippen molar-refractivity contribution in [2.75, 3.05) is 6.61 Å². The molecule has 0 unspecified atom stereocenters. The van der Waals surface area contributed by atoms with Crippen molar-refractivity contribution in [2.45, 2.75) is 12.6 Å². The molecule has 3 nitrogen and oxygen atoms in total. The van der Waals surface area contributed by atoms with E-state index in [9.17, 15) is 0 Å². The van der Waals surface area contributed by atoms with Crippen LogP contribution in [-0.4, -0.2) is 11.7 Å². The monoisotopic (exact) mass is 243 g/mol. The van der Waals surface area contributed by atoms with Gasteiger partial charge in [0.2, 0.25) is 0 Å². The Hall–Kier alpha value is -1.84. The van der Waals surface area contributed by atoms with E-state index in [1.54, 1.807) is 0 Å². The Kier molecular flexibility index (Phi) is 4.34. The van der Waals surface area contributed by atoms with Crippen LogP contribution in [-0.2, 0) is 6.61 Å². The van der Waals surface area contributed by atoms with E-state index in [-0.39, 0.29) is 12.6 Å². The molecular formula is C15H17NO2. The largest absolute Gasteiger partial charge is 0.489 e. The Balaban J connectivity index is 1.94. The number of aliphatic hydroxyl groups excluding tert-OH is 1. The third kappa shape index (κ3) is 3.32. The highest BCUT2D eigenvalue weighted by Crippen LogP contribution is 2.17. The first-order valence-corrected chi connectivity index (χ1v) is 5.92. The van der Waals surface area contributed by atoms with Gasteiger partial charge in [0.15, 0.2) is 0 Å². The topological polar surface area (TPSA) is 55.5 Å². The molecule has 18 heavy (non-hydrogen) atoms. The van der Waals surface area contributed by atoms with Crippen LogP contribution < -0.4 is 10.5 Å². The van der Waals surface area contributed by atoms with Gasteiger partial charge in [-0.15, -0.1) is 0 Å². The summed E-state index contributed by atoms with van der Waals surface area (Å²) < 4.78 is 5.66. The Morgan fingerprint density at radius 1 is 1.00 bits per heavy atom. The van der Waals surface area contributed by atoms with Gasteiger partial charge >= 0.3 is 0 Å². The standard InChI is InChI=1S/C15H17NO2/c16-15(10-17)13-6-8-14(9-7-13)18-11-12-4-2-1-3-5-12/h1-9,15,17H,10-11,16H2/t15-/m0/s1. The van der Waals surface area contributed by atoms with Crippen LogP contribution in [0.1, 0.15) is 17.2 Å². The summed E-state index contributed by atoms with van der Waals surface area (Å²) in [6, 6.07) is 17.2. The van der Waals surface area contributed by atoms with Gasteiger partial charge in [-0.25, -0.2) is 0 Å². The van der Waals surface area contributed by atoms with Crippen molar-refractivity contribution in [3.8, 4) is 5.75 Å². The zero-order chi connectivity index (χ0) is 12.8. The second kappa shape index (κ2) is 6.19. The third-order valence-electron chi connectivity index (χ3n) is 2.75.